The number of halogens is 1. The van der Waals surface area contributed by atoms with Crippen molar-refractivity contribution in [2.45, 2.75) is 52.6 Å². The molecule has 0 aliphatic carbocycles. The van der Waals surface area contributed by atoms with Crippen LogP contribution >= 0.6 is 0 Å². The number of carbonyl (C=O) groups excluding carboxylic acids is 1. The highest BCUT2D eigenvalue weighted by Gasteiger charge is 2.34. The Kier molecular flexibility index (Phi) is 8.55. The second-order valence-electron chi connectivity index (χ2n) is 12.5. The second kappa shape index (κ2) is 13.1. The SMILES string of the molecule is Cc1c(-c2ccccc2)nc2ccc(F)cc2c1C(=O)N1C[C@@H](C)N(Cc2cn(Cc3ccc(-c4ocnc4CO)cc3)nn2)[C@@H](C)C1. The summed E-state index contributed by atoms with van der Waals surface area (Å²) < 4.78 is 21.7. The molecule has 7 rings (SSSR count). The molecule has 1 amide bonds. The number of amides is 1. The van der Waals surface area contributed by atoms with Crippen LogP contribution in [-0.2, 0) is 19.7 Å². The Hall–Kier alpha value is -5.26. The van der Waals surface area contributed by atoms with E-state index in [-0.39, 0.29) is 24.6 Å². The molecule has 244 valence electrons. The van der Waals surface area contributed by atoms with Crippen molar-refractivity contribution in [3.05, 3.63) is 119 Å². The van der Waals surface area contributed by atoms with E-state index in [2.05, 4.69) is 34.0 Å². The molecule has 48 heavy (non-hydrogen) atoms. The zero-order valence-electron chi connectivity index (χ0n) is 27.0. The number of aliphatic hydroxyl groups excluding tert-OH is 1. The van der Waals surface area contributed by atoms with Crippen LogP contribution in [0.5, 0.6) is 0 Å². The molecule has 0 spiro atoms. The number of oxazole rings is 1. The largest absolute Gasteiger partial charge is 0.443 e. The van der Waals surface area contributed by atoms with E-state index in [9.17, 15) is 14.3 Å². The van der Waals surface area contributed by atoms with Crippen molar-refractivity contribution >= 4 is 16.8 Å². The van der Waals surface area contributed by atoms with E-state index in [1.54, 1.807) is 6.07 Å². The molecule has 10 nitrogen and oxygen atoms in total. The topological polar surface area (TPSA) is 113 Å². The molecule has 6 aromatic rings. The Bertz CT molecular complexity index is 2060. The van der Waals surface area contributed by atoms with Crippen LogP contribution in [-0.4, -0.2) is 70.9 Å². The minimum absolute atomic E-state index is 0.0500. The van der Waals surface area contributed by atoms with Crippen molar-refractivity contribution < 1.29 is 18.7 Å². The molecule has 0 bridgehead atoms. The maximum absolute atomic E-state index is 14.5. The van der Waals surface area contributed by atoms with E-state index < -0.39 is 5.82 Å². The quantitative estimate of drug-likeness (QED) is 0.219. The van der Waals surface area contributed by atoms with Crippen molar-refractivity contribution in [1.82, 2.24) is 34.8 Å². The highest BCUT2D eigenvalue weighted by molar-refractivity contribution is 6.09. The van der Waals surface area contributed by atoms with Crippen LogP contribution in [0.3, 0.4) is 0 Å². The molecule has 0 unspecified atom stereocenters. The molecule has 4 heterocycles. The van der Waals surface area contributed by atoms with Gasteiger partial charge in [-0.25, -0.2) is 19.0 Å². The van der Waals surface area contributed by atoms with Gasteiger partial charge in [0, 0.05) is 48.2 Å². The van der Waals surface area contributed by atoms with Gasteiger partial charge in [-0.1, -0.05) is 59.8 Å². The Balaban J connectivity index is 1.06. The highest BCUT2D eigenvalue weighted by atomic mass is 19.1. The van der Waals surface area contributed by atoms with Crippen LogP contribution in [0.4, 0.5) is 4.39 Å². The minimum Gasteiger partial charge on any atom is -0.443 e. The van der Waals surface area contributed by atoms with Crippen LogP contribution in [0.1, 0.15) is 46.7 Å². The minimum atomic E-state index is -0.398. The number of nitrogens with zero attached hydrogens (tertiary/aromatic N) is 7. The third-order valence-corrected chi connectivity index (χ3v) is 9.12. The van der Waals surface area contributed by atoms with Crippen molar-refractivity contribution in [1.29, 1.82) is 0 Å². The van der Waals surface area contributed by atoms with E-state index in [0.717, 1.165) is 33.6 Å². The Morgan fingerprint density at radius 3 is 2.46 bits per heavy atom. The lowest BCUT2D eigenvalue weighted by Gasteiger charge is -2.44. The van der Waals surface area contributed by atoms with Gasteiger partial charge in [0.2, 0.25) is 0 Å². The summed E-state index contributed by atoms with van der Waals surface area (Å²) in [6, 6.07) is 22.2. The normalized spacial score (nSPS) is 16.9. The Morgan fingerprint density at radius 2 is 1.73 bits per heavy atom. The monoisotopic (exact) mass is 645 g/mol. The van der Waals surface area contributed by atoms with Crippen LogP contribution in [0.2, 0.25) is 0 Å². The van der Waals surface area contributed by atoms with E-state index in [1.807, 2.05) is 77.3 Å². The average molecular weight is 646 g/mol. The first-order valence-electron chi connectivity index (χ1n) is 16.0. The molecule has 3 aromatic heterocycles. The van der Waals surface area contributed by atoms with Gasteiger partial charge < -0.3 is 14.4 Å². The lowest BCUT2D eigenvalue weighted by atomic mass is 9.96. The number of fused-ring (bicyclic) bond motifs is 1. The third-order valence-electron chi connectivity index (χ3n) is 9.12. The van der Waals surface area contributed by atoms with Crippen molar-refractivity contribution in [3.63, 3.8) is 0 Å². The summed E-state index contributed by atoms with van der Waals surface area (Å²) in [5.41, 5.74) is 6.71. The second-order valence-corrected chi connectivity index (χ2v) is 12.5. The molecule has 2 atom stereocenters. The smallest absolute Gasteiger partial charge is 0.255 e. The predicted molar refractivity (Wildman–Crippen MR) is 179 cm³/mol. The number of carbonyl (C=O) groups is 1. The van der Waals surface area contributed by atoms with Crippen molar-refractivity contribution in [2.24, 2.45) is 0 Å². The summed E-state index contributed by atoms with van der Waals surface area (Å²) in [5.74, 6) is 0.0472. The highest BCUT2D eigenvalue weighted by Crippen LogP contribution is 2.32. The number of piperazine rings is 1. The fourth-order valence-electron chi connectivity index (χ4n) is 6.72. The third kappa shape index (κ3) is 6.10. The molecule has 3 aromatic carbocycles. The van der Waals surface area contributed by atoms with Crippen LogP contribution in [0.15, 0.2) is 89.8 Å². The molecule has 1 aliphatic heterocycles. The summed E-state index contributed by atoms with van der Waals surface area (Å²) in [6.45, 7) is 8.14. The maximum Gasteiger partial charge on any atom is 0.255 e. The Morgan fingerprint density at radius 1 is 0.979 bits per heavy atom. The number of aromatic nitrogens is 5. The van der Waals surface area contributed by atoms with Gasteiger partial charge in [-0.3, -0.25) is 9.69 Å². The van der Waals surface area contributed by atoms with E-state index >= 15 is 0 Å². The molecule has 1 fully saturated rings. The summed E-state index contributed by atoms with van der Waals surface area (Å²) in [5, 5.41) is 18.8. The van der Waals surface area contributed by atoms with Gasteiger partial charge in [0.15, 0.2) is 12.2 Å². The van der Waals surface area contributed by atoms with Crippen LogP contribution < -0.4 is 0 Å². The van der Waals surface area contributed by atoms with Crippen molar-refractivity contribution in [2.75, 3.05) is 13.1 Å². The van der Waals surface area contributed by atoms with Crippen molar-refractivity contribution in [3.8, 4) is 22.6 Å². The lowest BCUT2D eigenvalue weighted by Crippen LogP contribution is -2.57. The fraction of sp³-hybridized carbons (Fsp3) is 0.270. The van der Waals surface area contributed by atoms with E-state index in [0.29, 0.717) is 54.1 Å². The van der Waals surface area contributed by atoms with Gasteiger partial charge in [-0.15, -0.1) is 5.10 Å². The van der Waals surface area contributed by atoms with Crippen LogP contribution in [0, 0.1) is 12.7 Å². The zero-order chi connectivity index (χ0) is 33.4. The van der Waals surface area contributed by atoms with Crippen LogP contribution in [0.25, 0.3) is 33.5 Å². The molecular formula is C37H36FN7O3. The molecule has 1 N–H and O–H groups in total. The molecule has 1 aliphatic rings. The van der Waals surface area contributed by atoms with Gasteiger partial charge in [0.25, 0.3) is 5.91 Å². The zero-order valence-corrected chi connectivity index (χ0v) is 27.0. The molecule has 11 heteroatoms. The summed E-state index contributed by atoms with van der Waals surface area (Å²) in [6.07, 6.45) is 3.29. The van der Waals surface area contributed by atoms with E-state index in [4.69, 9.17) is 9.40 Å². The number of rotatable bonds is 8. The standard InChI is InChI=1S/C37H36FN7O3/c1-23-16-43(37(47)34-25(3)35(27-7-5-4-6-8-27)40-32-14-13-29(38)15-31(32)34)17-24(2)45(23)20-30-19-44(42-41-30)18-26-9-11-28(12-10-26)36-33(21-46)39-22-48-36/h4-15,19,22-24,46H,16-18,20-21H2,1-3H3/t23-,24+. The first kappa shape index (κ1) is 31.3. The summed E-state index contributed by atoms with van der Waals surface area (Å²) in [7, 11) is 0. The molecular weight excluding hydrogens is 609 g/mol. The molecule has 0 radical (unpaired) electrons. The molecule has 1 saturated heterocycles. The first-order chi connectivity index (χ1) is 23.3. The van der Waals surface area contributed by atoms with Gasteiger partial charge in [-0.2, -0.15) is 0 Å². The first-order valence-corrected chi connectivity index (χ1v) is 16.0. The maximum atomic E-state index is 14.5. The number of hydrogen-bond acceptors (Lipinski definition) is 8. The number of benzene rings is 3. The average Bonchev–Trinajstić information content (AvgIpc) is 3.76. The summed E-state index contributed by atoms with van der Waals surface area (Å²) in [4.78, 5) is 27.4. The van der Waals surface area contributed by atoms with E-state index in [1.165, 1.54) is 18.5 Å². The van der Waals surface area contributed by atoms with Gasteiger partial charge in [-0.05, 0) is 50.1 Å². The lowest BCUT2D eigenvalue weighted by molar-refractivity contribution is 0.0265. The van der Waals surface area contributed by atoms with Gasteiger partial charge in [0.05, 0.1) is 41.8 Å². The van der Waals surface area contributed by atoms with Gasteiger partial charge in [0.1, 0.15) is 11.5 Å². The Labute approximate surface area is 277 Å². The molecule has 0 saturated carbocycles. The summed E-state index contributed by atoms with van der Waals surface area (Å²) >= 11 is 0. The number of aliphatic hydroxyl groups is 1. The number of hydrogen-bond donors (Lipinski definition) is 1. The van der Waals surface area contributed by atoms with Gasteiger partial charge >= 0.3 is 0 Å². The fourth-order valence-corrected chi connectivity index (χ4v) is 6.72. The predicted octanol–water partition coefficient (Wildman–Crippen LogP) is 5.87. The number of pyridine rings is 1.